The van der Waals surface area contributed by atoms with Crippen molar-refractivity contribution >= 4 is 15.9 Å². The summed E-state index contributed by atoms with van der Waals surface area (Å²) in [4.78, 5) is 6.58. The monoisotopic (exact) mass is 254 g/mol. The largest absolute Gasteiger partial charge is 0.295 e. The Balaban J connectivity index is 1.93. The van der Waals surface area contributed by atoms with E-state index < -0.39 is 0 Å². The summed E-state index contributed by atoms with van der Waals surface area (Å²) in [6.07, 6.45) is 6.49. The lowest BCUT2D eigenvalue weighted by Crippen LogP contribution is -2.27. The van der Waals surface area contributed by atoms with Crippen LogP contribution in [0.5, 0.6) is 0 Å². The highest BCUT2D eigenvalue weighted by Crippen LogP contribution is 2.28. The fourth-order valence-electron chi connectivity index (χ4n) is 1.66. The molecule has 0 radical (unpaired) electrons. The zero-order chi connectivity index (χ0) is 9.80. The second-order valence-electron chi connectivity index (χ2n) is 3.75. The highest BCUT2D eigenvalue weighted by Gasteiger charge is 2.28. The lowest BCUT2D eigenvalue weighted by Gasteiger charge is -2.20. The molecular formula is C11H15BrN2. The molecular weight excluding hydrogens is 240 g/mol. The summed E-state index contributed by atoms with van der Waals surface area (Å²) in [6, 6.07) is 5.04. The van der Waals surface area contributed by atoms with Crippen LogP contribution in [0.4, 0.5) is 0 Å². The third-order valence-corrected chi connectivity index (χ3v) is 2.92. The van der Waals surface area contributed by atoms with Crippen molar-refractivity contribution in [3.63, 3.8) is 0 Å². The summed E-state index contributed by atoms with van der Waals surface area (Å²) in [5.74, 6) is 0. The average molecular weight is 255 g/mol. The molecule has 0 spiro atoms. The summed E-state index contributed by atoms with van der Waals surface area (Å²) in [5.41, 5.74) is 1.37. The topological polar surface area (TPSA) is 16.1 Å². The molecule has 1 aromatic rings. The SMILES string of the molecule is BrCCN(Cc1ccncc1)C1CC1. The fourth-order valence-corrected chi connectivity index (χ4v) is 2.12. The fraction of sp³-hybridized carbons (Fsp3) is 0.545. The van der Waals surface area contributed by atoms with E-state index in [-0.39, 0.29) is 0 Å². The van der Waals surface area contributed by atoms with Crippen LogP contribution in [0.25, 0.3) is 0 Å². The minimum Gasteiger partial charge on any atom is -0.295 e. The molecule has 1 fully saturated rings. The van der Waals surface area contributed by atoms with Gasteiger partial charge in [0.25, 0.3) is 0 Å². The van der Waals surface area contributed by atoms with Crippen molar-refractivity contribution in [3.05, 3.63) is 30.1 Å². The molecule has 1 aliphatic carbocycles. The Morgan fingerprint density at radius 1 is 1.36 bits per heavy atom. The van der Waals surface area contributed by atoms with Crippen molar-refractivity contribution in [1.82, 2.24) is 9.88 Å². The maximum Gasteiger partial charge on any atom is 0.0271 e. The molecule has 2 rings (SSSR count). The first-order valence-corrected chi connectivity index (χ1v) is 6.21. The number of aromatic nitrogens is 1. The number of nitrogens with zero attached hydrogens (tertiary/aromatic N) is 2. The van der Waals surface area contributed by atoms with Crippen LogP contribution in [0.2, 0.25) is 0 Å². The molecule has 0 atom stereocenters. The van der Waals surface area contributed by atoms with Crippen molar-refractivity contribution < 1.29 is 0 Å². The number of hydrogen-bond donors (Lipinski definition) is 0. The van der Waals surface area contributed by atoms with Crippen LogP contribution in [0, 0.1) is 0 Å². The molecule has 0 N–H and O–H groups in total. The van der Waals surface area contributed by atoms with Crippen LogP contribution in [0.15, 0.2) is 24.5 Å². The van der Waals surface area contributed by atoms with Gasteiger partial charge >= 0.3 is 0 Å². The molecule has 1 aromatic heterocycles. The van der Waals surface area contributed by atoms with Gasteiger partial charge in [-0.1, -0.05) is 15.9 Å². The second kappa shape index (κ2) is 4.89. The lowest BCUT2D eigenvalue weighted by atomic mass is 10.2. The quantitative estimate of drug-likeness (QED) is 0.751. The Bertz CT molecular complexity index is 272. The first-order valence-electron chi connectivity index (χ1n) is 5.09. The van der Waals surface area contributed by atoms with Crippen molar-refractivity contribution in [2.45, 2.75) is 25.4 Å². The number of halogens is 1. The average Bonchev–Trinajstić information content (AvgIpc) is 3.02. The molecule has 1 aliphatic rings. The summed E-state index contributed by atoms with van der Waals surface area (Å²) in [6.45, 7) is 2.21. The zero-order valence-electron chi connectivity index (χ0n) is 8.19. The molecule has 2 nitrogen and oxygen atoms in total. The number of alkyl halides is 1. The van der Waals surface area contributed by atoms with E-state index >= 15 is 0 Å². The van der Waals surface area contributed by atoms with Crippen LogP contribution >= 0.6 is 15.9 Å². The standard InChI is InChI=1S/C11H15BrN2/c12-5-8-14(11-1-2-11)9-10-3-6-13-7-4-10/h3-4,6-7,11H,1-2,5,8-9H2. The second-order valence-corrected chi connectivity index (χ2v) is 4.54. The van der Waals surface area contributed by atoms with Gasteiger partial charge in [0.1, 0.15) is 0 Å². The summed E-state index contributed by atoms with van der Waals surface area (Å²) in [7, 11) is 0. The van der Waals surface area contributed by atoms with Gasteiger partial charge in [-0.05, 0) is 30.5 Å². The first kappa shape index (κ1) is 10.1. The van der Waals surface area contributed by atoms with E-state index in [2.05, 4.69) is 37.9 Å². The van der Waals surface area contributed by atoms with Gasteiger partial charge in [-0.25, -0.2) is 0 Å². The lowest BCUT2D eigenvalue weighted by molar-refractivity contribution is 0.272. The molecule has 0 aliphatic heterocycles. The van der Waals surface area contributed by atoms with E-state index in [1.54, 1.807) is 0 Å². The first-order chi connectivity index (χ1) is 6.90. The van der Waals surface area contributed by atoms with Gasteiger partial charge in [0.15, 0.2) is 0 Å². The van der Waals surface area contributed by atoms with Gasteiger partial charge in [0.2, 0.25) is 0 Å². The van der Waals surface area contributed by atoms with Crippen LogP contribution in [-0.2, 0) is 6.54 Å². The van der Waals surface area contributed by atoms with Gasteiger partial charge in [-0.3, -0.25) is 9.88 Å². The predicted octanol–water partition coefficient (Wildman–Crippen LogP) is 2.44. The molecule has 1 heterocycles. The molecule has 0 amide bonds. The number of rotatable bonds is 5. The Kier molecular flexibility index (Phi) is 3.54. The Morgan fingerprint density at radius 3 is 2.64 bits per heavy atom. The van der Waals surface area contributed by atoms with Crippen LogP contribution in [0.3, 0.4) is 0 Å². The molecule has 76 valence electrons. The van der Waals surface area contributed by atoms with Crippen molar-refractivity contribution in [1.29, 1.82) is 0 Å². The van der Waals surface area contributed by atoms with Crippen molar-refractivity contribution in [2.24, 2.45) is 0 Å². The molecule has 0 saturated heterocycles. The van der Waals surface area contributed by atoms with Gasteiger partial charge in [0, 0.05) is 36.9 Å². The highest BCUT2D eigenvalue weighted by molar-refractivity contribution is 9.09. The van der Waals surface area contributed by atoms with E-state index in [0.717, 1.165) is 24.5 Å². The summed E-state index contributed by atoms with van der Waals surface area (Å²) >= 11 is 3.51. The third kappa shape index (κ3) is 2.79. The highest BCUT2D eigenvalue weighted by atomic mass is 79.9. The smallest absolute Gasteiger partial charge is 0.0271 e. The number of pyridine rings is 1. The normalized spacial score (nSPS) is 16.1. The maximum absolute atomic E-state index is 4.03. The molecule has 14 heavy (non-hydrogen) atoms. The van der Waals surface area contributed by atoms with Crippen molar-refractivity contribution in [3.8, 4) is 0 Å². The van der Waals surface area contributed by atoms with Gasteiger partial charge in [0.05, 0.1) is 0 Å². The molecule has 1 saturated carbocycles. The maximum atomic E-state index is 4.03. The third-order valence-electron chi connectivity index (χ3n) is 2.57. The van der Waals surface area contributed by atoms with E-state index in [1.165, 1.54) is 18.4 Å². The summed E-state index contributed by atoms with van der Waals surface area (Å²) < 4.78 is 0. The minimum atomic E-state index is 0.834. The van der Waals surface area contributed by atoms with Crippen LogP contribution < -0.4 is 0 Å². The predicted molar refractivity (Wildman–Crippen MR) is 61.5 cm³/mol. The van der Waals surface area contributed by atoms with Gasteiger partial charge in [-0.2, -0.15) is 0 Å². The van der Waals surface area contributed by atoms with Gasteiger partial charge in [-0.15, -0.1) is 0 Å². The van der Waals surface area contributed by atoms with Crippen LogP contribution in [-0.4, -0.2) is 27.8 Å². The Hall–Kier alpha value is -0.410. The zero-order valence-corrected chi connectivity index (χ0v) is 9.78. The van der Waals surface area contributed by atoms with Crippen molar-refractivity contribution in [2.75, 3.05) is 11.9 Å². The Morgan fingerprint density at radius 2 is 2.07 bits per heavy atom. The van der Waals surface area contributed by atoms with Crippen LogP contribution in [0.1, 0.15) is 18.4 Å². The van der Waals surface area contributed by atoms with Gasteiger partial charge < -0.3 is 0 Å². The number of hydrogen-bond acceptors (Lipinski definition) is 2. The molecule has 0 bridgehead atoms. The molecule has 0 unspecified atom stereocenters. The minimum absolute atomic E-state index is 0.834. The summed E-state index contributed by atoms with van der Waals surface area (Å²) in [5, 5.41) is 1.06. The van der Waals surface area contributed by atoms with E-state index in [1.807, 2.05) is 12.4 Å². The van der Waals surface area contributed by atoms with E-state index in [4.69, 9.17) is 0 Å². The Labute approximate surface area is 93.5 Å². The molecule has 0 aromatic carbocycles. The van der Waals surface area contributed by atoms with E-state index in [0.29, 0.717) is 0 Å². The van der Waals surface area contributed by atoms with E-state index in [9.17, 15) is 0 Å². The molecule has 3 heteroatoms.